The van der Waals surface area contributed by atoms with E-state index in [0.29, 0.717) is 11.8 Å². The third-order valence-corrected chi connectivity index (χ3v) is 7.94. The van der Waals surface area contributed by atoms with Crippen molar-refractivity contribution in [3.63, 3.8) is 0 Å². The van der Waals surface area contributed by atoms with E-state index in [9.17, 15) is 0 Å². The van der Waals surface area contributed by atoms with Gasteiger partial charge in [-0.15, -0.1) is 0 Å². The van der Waals surface area contributed by atoms with Crippen LogP contribution < -0.4 is 4.90 Å². The van der Waals surface area contributed by atoms with Gasteiger partial charge in [0.1, 0.15) is 11.6 Å². The fraction of sp³-hybridized carbons (Fsp3) is 0.243. The van der Waals surface area contributed by atoms with E-state index in [-0.39, 0.29) is 0 Å². The minimum absolute atomic E-state index is 0.513. The molecule has 0 radical (unpaired) electrons. The molecular formula is C37H39N3. The van der Waals surface area contributed by atoms with Gasteiger partial charge in [0.25, 0.3) is 0 Å². The Labute approximate surface area is 239 Å². The summed E-state index contributed by atoms with van der Waals surface area (Å²) in [6.07, 6.45) is 3.39. The van der Waals surface area contributed by atoms with Gasteiger partial charge < -0.3 is 0 Å². The van der Waals surface area contributed by atoms with Crippen molar-refractivity contribution in [1.29, 1.82) is 0 Å². The van der Waals surface area contributed by atoms with E-state index >= 15 is 0 Å². The first-order chi connectivity index (χ1) is 19.6. The maximum Gasteiger partial charge on any atom is 0.139 e. The molecule has 0 N–H and O–H groups in total. The quantitative estimate of drug-likeness (QED) is 0.182. The zero-order valence-electron chi connectivity index (χ0n) is 24.1. The molecule has 1 unspecified atom stereocenters. The van der Waals surface area contributed by atoms with Crippen molar-refractivity contribution in [2.24, 2.45) is 0 Å². The Morgan fingerprint density at radius 1 is 0.550 bits per heavy atom. The van der Waals surface area contributed by atoms with Crippen molar-refractivity contribution in [3.05, 3.63) is 126 Å². The summed E-state index contributed by atoms with van der Waals surface area (Å²) in [6, 6.07) is 40.5. The first-order valence-corrected chi connectivity index (χ1v) is 14.6. The fourth-order valence-electron chi connectivity index (χ4n) is 5.33. The van der Waals surface area contributed by atoms with Gasteiger partial charge in [0, 0.05) is 16.8 Å². The number of pyridine rings is 2. The number of hydrogen-bond donors (Lipinski definition) is 0. The Morgan fingerprint density at radius 3 is 1.62 bits per heavy atom. The van der Waals surface area contributed by atoms with Crippen LogP contribution in [-0.2, 0) is 0 Å². The largest absolute Gasteiger partial charge is 0.279 e. The van der Waals surface area contributed by atoms with Gasteiger partial charge in [-0.2, -0.15) is 0 Å². The molecule has 0 saturated heterocycles. The van der Waals surface area contributed by atoms with Crippen LogP contribution in [-0.4, -0.2) is 9.97 Å². The van der Waals surface area contributed by atoms with E-state index in [1.54, 1.807) is 0 Å². The zero-order valence-corrected chi connectivity index (χ0v) is 24.1. The van der Waals surface area contributed by atoms with E-state index in [2.05, 4.69) is 142 Å². The summed E-state index contributed by atoms with van der Waals surface area (Å²) < 4.78 is 0. The van der Waals surface area contributed by atoms with Crippen LogP contribution in [0.25, 0.3) is 22.5 Å². The summed E-state index contributed by atoms with van der Waals surface area (Å²) in [4.78, 5) is 12.5. The molecule has 0 spiro atoms. The lowest BCUT2D eigenvalue weighted by atomic mass is 9.92. The molecule has 0 aliphatic rings. The SMILES string of the molecule is CCC(C)c1cccc(-c2cccc(N(c3ccccc3)c3cccc(-c4cccc(C(CC)CC)c4)n3)n2)c1. The number of aromatic nitrogens is 2. The van der Waals surface area contributed by atoms with Crippen molar-refractivity contribution in [2.75, 3.05) is 4.90 Å². The lowest BCUT2D eigenvalue weighted by molar-refractivity contribution is 0.642. The van der Waals surface area contributed by atoms with Gasteiger partial charge in [0.15, 0.2) is 0 Å². The van der Waals surface area contributed by atoms with E-state index in [1.165, 1.54) is 11.1 Å². The summed E-state index contributed by atoms with van der Waals surface area (Å²) in [5, 5.41) is 0. The average molecular weight is 526 g/mol. The van der Waals surface area contributed by atoms with Gasteiger partial charge in [-0.3, -0.25) is 4.90 Å². The van der Waals surface area contributed by atoms with Crippen LogP contribution in [0.5, 0.6) is 0 Å². The summed E-state index contributed by atoms with van der Waals surface area (Å²) in [6.45, 7) is 9.04. The van der Waals surface area contributed by atoms with Crippen molar-refractivity contribution in [2.45, 2.75) is 58.8 Å². The van der Waals surface area contributed by atoms with Gasteiger partial charge in [0.2, 0.25) is 0 Å². The lowest BCUT2D eigenvalue weighted by Gasteiger charge is -2.24. The van der Waals surface area contributed by atoms with Gasteiger partial charge >= 0.3 is 0 Å². The summed E-state index contributed by atoms with van der Waals surface area (Å²) in [7, 11) is 0. The van der Waals surface area contributed by atoms with Gasteiger partial charge in [-0.25, -0.2) is 9.97 Å². The van der Waals surface area contributed by atoms with Crippen molar-refractivity contribution in [1.82, 2.24) is 9.97 Å². The minimum Gasteiger partial charge on any atom is -0.279 e. The second kappa shape index (κ2) is 12.7. The third kappa shape index (κ3) is 5.99. The Balaban J connectivity index is 1.58. The molecule has 0 bridgehead atoms. The molecule has 202 valence electrons. The minimum atomic E-state index is 0.513. The molecule has 0 saturated carbocycles. The number of benzene rings is 3. The van der Waals surface area contributed by atoms with Crippen LogP contribution in [0.4, 0.5) is 17.3 Å². The molecule has 2 aromatic heterocycles. The smallest absolute Gasteiger partial charge is 0.139 e. The Kier molecular flexibility index (Phi) is 8.71. The molecule has 2 heterocycles. The van der Waals surface area contributed by atoms with Crippen LogP contribution in [0.1, 0.15) is 69.9 Å². The monoisotopic (exact) mass is 525 g/mol. The standard InChI is InChI=1S/C37H39N3/c1-5-27(4)29-15-11-17-31(25-29)34-21-13-23-36(38-34)40(33-19-9-8-10-20-33)37-24-14-22-35(39-37)32-18-12-16-30(26-32)28(6-2)7-3/h8-28H,5-7H2,1-4H3. The zero-order chi connectivity index (χ0) is 27.9. The van der Waals surface area contributed by atoms with Gasteiger partial charge in [-0.1, -0.05) is 94.4 Å². The summed E-state index contributed by atoms with van der Waals surface area (Å²) >= 11 is 0. The number of hydrogen-bond acceptors (Lipinski definition) is 3. The second-order valence-electron chi connectivity index (χ2n) is 10.5. The molecule has 5 aromatic rings. The van der Waals surface area contributed by atoms with Crippen molar-refractivity contribution < 1.29 is 0 Å². The fourth-order valence-corrected chi connectivity index (χ4v) is 5.33. The second-order valence-corrected chi connectivity index (χ2v) is 10.5. The molecule has 1 atom stereocenters. The number of nitrogens with zero attached hydrogens (tertiary/aromatic N) is 3. The van der Waals surface area contributed by atoms with Gasteiger partial charge in [-0.05, 0) is 90.8 Å². The van der Waals surface area contributed by atoms with Crippen LogP contribution in [0.2, 0.25) is 0 Å². The summed E-state index contributed by atoms with van der Waals surface area (Å²) in [5.41, 5.74) is 7.94. The highest BCUT2D eigenvalue weighted by molar-refractivity contribution is 5.75. The van der Waals surface area contributed by atoms with E-state index < -0.39 is 0 Å². The van der Waals surface area contributed by atoms with Crippen LogP contribution >= 0.6 is 0 Å². The van der Waals surface area contributed by atoms with Crippen LogP contribution in [0.15, 0.2) is 115 Å². The highest BCUT2D eigenvalue weighted by Crippen LogP contribution is 2.35. The highest BCUT2D eigenvalue weighted by atomic mass is 15.2. The third-order valence-electron chi connectivity index (χ3n) is 7.94. The predicted octanol–water partition coefficient (Wildman–Crippen LogP) is 10.7. The molecular weight excluding hydrogens is 486 g/mol. The molecule has 40 heavy (non-hydrogen) atoms. The Morgan fingerprint density at radius 2 is 1.07 bits per heavy atom. The predicted molar refractivity (Wildman–Crippen MR) is 170 cm³/mol. The average Bonchev–Trinajstić information content (AvgIpc) is 3.02. The van der Waals surface area contributed by atoms with Crippen molar-refractivity contribution in [3.8, 4) is 22.5 Å². The Hall–Kier alpha value is -4.24. The number of rotatable bonds is 10. The number of para-hydroxylation sites is 1. The maximum atomic E-state index is 5.18. The molecule has 0 amide bonds. The van der Waals surface area contributed by atoms with E-state index in [1.807, 2.05) is 6.07 Å². The molecule has 3 heteroatoms. The molecule has 0 aliphatic carbocycles. The lowest BCUT2D eigenvalue weighted by Crippen LogP contribution is -2.13. The van der Waals surface area contributed by atoms with E-state index in [4.69, 9.17) is 9.97 Å². The molecule has 5 rings (SSSR count). The van der Waals surface area contributed by atoms with Crippen LogP contribution in [0, 0.1) is 0 Å². The highest BCUT2D eigenvalue weighted by Gasteiger charge is 2.17. The van der Waals surface area contributed by atoms with E-state index in [0.717, 1.165) is 59.1 Å². The summed E-state index contributed by atoms with van der Waals surface area (Å²) in [5.74, 6) is 2.76. The van der Waals surface area contributed by atoms with Gasteiger partial charge in [0.05, 0.1) is 11.4 Å². The van der Waals surface area contributed by atoms with Crippen LogP contribution in [0.3, 0.4) is 0 Å². The molecule has 3 aromatic carbocycles. The molecule has 0 aliphatic heterocycles. The molecule has 0 fully saturated rings. The maximum absolute atomic E-state index is 5.18. The molecule has 3 nitrogen and oxygen atoms in total. The topological polar surface area (TPSA) is 29.0 Å². The first kappa shape index (κ1) is 27.3. The van der Waals surface area contributed by atoms with Crippen molar-refractivity contribution >= 4 is 17.3 Å². The first-order valence-electron chi connectivity index (χ1n) is 14.6. The Bertz CT molecular complexity index is 1540. The number of anilines is 3. The normalized spacial score (nSPS) is 11.9.